The number of Topliss-reactive ketones (excluding diaryl/α,β-unsaturated/α-hetero) is 1. The predicted octanol–water partition coefficient (Wildman–Crippen LogP) is 6.06. The lowest BCUT2D eigenvalue weighted by Gasteiger charge is -2.23. The molecule has 0 unspecified atom stereocenters. The summed E-state index contributed by atoms with van der Waals surface area (Å²) in [6, 6.07) is 21.2. The maximum absolute atomic E-state index is 13.3. The quantitative estimate of drug-likeness (QED) is 0.171. The Hall–Kier alpha value is -4.43. The first-order valence-electron chi connectivity index (χ1n) is 12.2. The molecule has 4 aromatic rings. The second-order valence-corrected chi connectivity index (χ2v) is 9.66. The molecule has 1 amide bonds. The van der Waals surface area contributed by atoms with Crippen LogP contribution < -0.4 is 14.4 Å². The molecule has 5 rings (SSSR count). The molecule has 38 heavy (non-hydrogen) atoms. The molecular formula is C30H26N2O5S. The Balaban J connectivity index is 1.48. The number of ether oxygens (including phenoxy) is 2. The molecule has 1 aliphatic heterocycles. The minimum Gasteiger partial charge on any atom is -0.507 e. The highest BCUT2D eigenvalue weighted by Crippen LogP contribution is 2.43. The number of aryl methyl sites for hydroxylation is 1. The fourth-order valence-corrected chi connectivity index (χ4v) is 5.09. The van der Waals surface area contributed by atoms with Crippen molar-refractivity contribution >= 4 is 33.9 Å². The Labute approximate surface area is 224 Å². The third kappa shape index (κ3) is 5.03. The molecule has 0 saturated carbocycles. The number of anilines is 1. The van der Waals surface area contributed by atoms with Crippen LogP contribution in [0.1, 0.15) is 35.2 Å². The molecular weight excluding hydrogens is 500 g/mol. The van der Waals surface area contributed by atoms with E-state index < -0.39 is 17.7 Å². The summed E-state index contributed by atoms with van der Waals surface area (Å²) >= 11 is 1.25. The zero-order chi connectivity index (χ0) is 26.6. The van der Waals surface area contributed by atoms with Gasteiger partial charge in [-0.05, 0) is 61.4 Å². The smallest absolute Gasteiger partial charge is 0.301 e. The van der Waals surface area contributed by atoms with Gasteiger partial charge in [-0.3, -0.25) is 14.5 Å². The summed E-state index contributed by atoms with van der Waals surface area (Å²) < 4.78 is 11.4. The second kappa shape index (κ2) is 10.9. The van der Waals surface area contributed by atoms with Crippen LogP contribution in [0.2, 0.25) is 0 Å². The second-order valence-electron chi connectivity index (χ2n) is 8.79. The van der Waals surface area contributed by atoms with E-state index in [0.717, 1.165) is 11.1 Å². The van der Waals surface area contributed by atoms with E-state index in [2.05, 4.69) is 11.1 Å². The van der Waals surface area contributed by atoms with E-state index in [0.29, 0.717) is 41.0 Å². The van der Waals surface area contributed by atoms with Gasteiger partial charge >= 0.3 is 5.91 Å². The first-order chi connectivity index (χ1) is 18.5. The topological polar surface area (TPSA) is 89.0 Å². The van der Waals surface area contributed by atoms with Crippen molar-refractivity contribution in [3.63, 3.8) is 0 Å². The number of thiazole rings is 1. The summed E-state index contributed by atoms with van der Waals surface area (Å²) in [5, 5.41) is 13.4. The Morgan fingerprint density at radius 2 is 1.71 bits per heavy atom. The van der Waals surface area contributed by atoms with Gasteiger partial charge in [0.1, 0.15) is 23.9 Å². The average molecular weight is 527 g/mol. The van der Waals surface area contributed by atoms with Crippen LogP contribution in [0.15, 0.2) is 89.9 Å². The van der Waals surface area contributed by atoms with Crippen LogP contribution in [0.3, 0.4) is 0 Å². The SMILES string of the molecule is CCOc1ccc([C@H]2C(=C(O)c3ccc(OCc4cccc(C)c4)cc3)C(=O)C(=O)N2c2nccs2)cc1. The summed E-state index contributed by atoms with van der Waals surface area (Å²) in [5.41, 5.74) is 3.27. The van der Waals surface area contributed by atoms with Crippen molar-refractivity contribution in [1.82, 2.24) is 4.98 Å². The number of nitrogens with zero attached hydrogens (tertiary/aromatic N) is 2. The van der Waals surface area contributed by atoms with Gasteiger partial charge in [-0.1, -0.05) is 42.0 Å². The zero-order valence-electron chi connectivity index (χ0n) is 21.0. The van der Waals surface area contributed by atoms with Crippen molar-refractivity contribution in [3.8, 4) is 11.5 Å². The first-order valence-corrected chi connectivity index (χ1v) is 13.1. The molecule has 8 heteroatoms. The van der Waals surface area contributed by atoms with Crippen LogP contribution in [0, 0.1) is 6.92 Å². The summed E-state index contributed by atoms with van der Waals surface area (Å²) in [6.45, 7) is 4.84. The fourth-order valence-electron chi connectivity index (χ4n) is 4.43. The largest absolute Gasteiger partial charge is 0.507 e. The molecule has 1 aliphatic rings. The van der Waals surface area contributed by atoms with Crippen LogP contribution in [0.4, 0.5) is 5.13 Å². The molecule has 0 aliphatic carbocycles. The van der Waals surface area contributed by atoms with Crippen molar-refractivity contribution < 1.29 is 24.2 Å². The number of carbonyl (C=O) groups is 2. The van der Waals surface area contributed by atoms with Crippen LogP contribution in [-0.2, 0) is 16.2 Å². The van der Waals surface area contributed by atoms with Gasteiger partial charge in [0.05, 0.1) is 18.2 Å². The van der Waals surface area contributed by atoms with Gasteiger partial charge in [-0.2, -0.15) is 0 Å². The molecule has 1 N–H and O–H groups in total. The summed E-state index contributed by atoms with van der Waals surface area (Å²) in [6.07, 6.45) is 1.57. The molecule has 2 heterocycles. The number of aliphatic hydroxyl groups is 1. The Morgan fingerprint density at radius 1 is 1.00 bits per heavy atom. The predicted molar refractivity (Wildman–Crippen MR) is 146 cm³/mol. The van der Waals surface area contributed by atoms with Crippen molar-refractivity contribution in [2.24, 2.45) is 0 Å². The van der Waals surface area contributed by atoms with Gasteiger partial charge < -0.3 is 14.6 Å². The minimum absolute atomic E-state index is 0.00258. The molecule has 0 radical (unpaired) electrons. The van der Waals surface area contributed by atoms with Gasteiger partial charge in [0.2, 0.25) is 0 Å². The average Bonchev–Trinajstić information content (AvgIpc) is 3.55. The zero-order valence-corrected chi connectivity index (χ0v) is 21.8. The maximum Gasteiger partial charge on any atom is 0.301 e. The Kier molecular flexibility index (Phi) is 7.24. The van der Waals surface area contributed by atoms with Crippen molar-refractivity contribution in [1.29, 1.82) is 0 Å². The van der Waals surface area contributed by atoms with E-state index >= 15 is 0 Å². The highest BCUT2D eigenvalue weighted by atomic mass is 32.1. The number of aliphatic hydroxyl groups excluding tert-OH is 1. The Bertz CT molecular complexity index is 1480. The van der Waals surface area contributed by atoms with Crippen LogP contribution in [-0.4, -0.2) is 28.4 Å². The molecule has 192 valence electrons. The van der Waals surface area contributed by atoms with E-state index in [9.17, 15) is 14.7 Å². The molecule has 1 aromatic heterocycles. The molecule has 1 fully saturated rings. The van der Waals surface area contributed by atoms with Gasteiger partial charge in [-0.15, -0.1) is 11.3 Å². The molecule has 1 saturated heterocycles. The lowest BCUT2D eigenvalue weighted by atomic mass is 9.95. The molecule has 0 spiro atoms. The molecule has 0 bridgehead atoms. The number of aromatic nitrogens is 1. The third-order valence-corrected chi connectivity index (χ3v) is 6.96. The normalized spacial score (nSPS) is 16.6. The van der Waals surface area contributed by atoms with E-state index in [1.54, 1.807) is 60.1 Å². The molecule has 1 atom stereocenters. The highest BCUT2D eigenvalue weighted by Gasteiger charge is 2.48. The lowest BCUT2D eigenvalue weighted by molar-refractivity contribution is -0.132. The van der Waals surface area contributed by atoms with Gasteiger partial charge in [0.25, 0.3) is 5.78 Å². The lowest BCUT2D eigenvalue weighted by Crippen LogP contribution is -2.29. The van der Waals surface area contributed by atoms with Gasteiger partial charge in [0, 0.05) is 17.1 Å². The standard InChI is InChI=1S/C30H26N2O5S/c1-3-36-23-11-7-21(8-12-23)26-25(28(34)29(35)32(26)30-31-15-16-38-30)27(33)22-9-13-24(14-10-22)37-18-20-6-4-5-19(2)17-20/h4-17,26,33H,3,18H2,1-2H3/t26-/m0/s1. The number of benzene rings is 3. The number of amides is 1. The van der Waals surface area contributed by atoms with Crippen molar-refractivity contribution in [2.75, 3.05) is 11.5 Å². The van der Waals surface area contributed by atoms with E-state index in [-0.39, 0.29) is 11.3 Å². The third-order valence-electron chi connectivity index (χ3n) is 6.19. The number of rotatable bonds is 8. The summed E-state index contributed by atoms with van der Waals surface area (Å²) in [7, 11) is 0. The monoisotopic (exact) mass is 526 g/mol. The van der Waals surface area contributed by atoms with Crippen molar-refractivity contribution in [2.45, 2.75) is 26.5 Å². The minimum atomic E-state index is -0.839. The summed E-state index contributed by atoms with van der Waals surface area (Å²) in [4.78, 5) is 32.0. The van der Waals surface area contributed by atoms with E-state index in [4.69, 9.17) is 9.47 Å². The van der Waals surface area contributed by atoms with Crippen molar-refractivity contribution in [3.05, 3.63) is 112 Å². The van der Waals surface area contributed by atoms with E-state index in [1.807, 2.05) is 32.0 Å². The molecule has 7 nitrogen and oxygen atoms in total. The maximum atomic E-state index is 13.3. The first kappa shape index (κ1) is 25.2. The Morgan fingerprint density at radius 3 is 2.37 bits per heavy atom. The van der Waals surface area contributed by atoms with Crippen LogP contribution in [0.5, 0.6) is 11.5 Å². The summed E-state index contributed by atoms with van der Waals surface area (Å²) in [5.74, 6) is -0.473. The van der Waals surface area contributed by atoms with Crippen LogP contribution >= 0.6 is 11.3 Å². The number of hydrogen-bond donors (Lipinski definition) is 1. The highest BCUT2D eigenvalue weighted by molar-refractivity contribution is 7.14. The number of carbonyl (C=O) groups excluding carboxylic acids is 2. The van der Waals surface area contributed by atoms with E-state index in [1.165, 1.54) is 16.2 Å². The van der Waals surface area contributed by atoms with Crippen LogP contribution in [0.25, 0.3) is 5.76 Å². The van der Waals surface area contributed by atoms with Gasteiger partial charge in [-0.25, -0.2) is 4.98 Å². The number of ketones is 1. The fraction of sp³-hybridized carbons (Fsp3) is 0.167. The molecule has 3 aromatic carbocycles. The number of hydrogen-bond acceptors (Lipinski definition) is 7. The van der Waals surface area contributed by atoms with Gasteiger partial charge in [0.15, 0.2) is 5.13 Å².